The van der Waals surface area contributed by atoms with Crippen LogP contribution in [0.25, 0.3) is 55.3 Å². The van der Waals surface area contributed by atoms with Gasteiger partial charge in [0.1, 0.15) is 0 Å². The molecule has 0 aromatic heterocycles. The molecule has 4 saturated carbocycles. The molecule has 4 bridgehead atoms. The van der Waals surface area contributed by atoms with E-state index in [2.05, 4.69) is 201 Å². The van der Waals surface area contributed by atoms with Crippen LogP contribution in [0.4, 0.5) is 17.1 Å². The Morgan fingerprint density at radius 3 is 1.63 bits per heavy atom. The molecule has 1 heteroatoms. The van der Waals surface area contributed by atoms with Gasteiger partial charge in [-0.25, -0.2) is 0 Å². The Morgan fingerprint density at radius 2 is 0.933 bits per heavy atom. The molecule has 1 nitrogen and oxygen atoms in total. The average molecular weight is 774 g/mol. The highest BCUT2D eigenvalue weighted by molar-refractivity contribution is 6.06. The van der Waals surface area contributed by atoms with E-state index < -0.39 is 0 Å². The monoisotopic (exact) mass is 773 g/mol. The van der Waals surface area contributed by atoms with Crippen molar-refractivity contribution in [1.82, 2.24) is 0 Å². The fourth-order valence-corrected chi connectivity index (χ4v) is 12.8. The summed E-state index contributed by atoms with van der Waals surface area (Å²) in [5, 5.41) is 2.53. The predicted molar refractivity (Wildman–Crippen MR) is 252 cm³/mol. The smallest absolute Gasteiger partial charge is 0.0467 e. The van der Waals surface area contributed by atoms with E-state index in [1.807, 2.05) is 0 Å². The van der Waals surface area contributed by atoms with Crippen LogP contribution in [0.5, 0.6) is 0 Å². The summed E-state index contributed by atoms with van der Waals surface area (Å²) in [5.41, 5.74) is 18.3. The van der Waals surface area contributed by atoms with Crippen LogP contribution in [-0.4, -0.2) is 0 Å². The third-order valence-electron chi connectivity index (χ3n) is 15.2. The summed E-state index contributed by atoms with van der Waals surface area (Å²) >= 11 is 0. The van der Waals surface area contributed by atoms with E-state index in [1.165, 1.54) is 111 Å². The summed E-state index contributed by atoms with van der Waals surface area (Å²) < 4.78 is 0. The SMILES string of the molecule is CC1(C)c2ccccc2-c2ccc(N(c3ccc(-c4ccc(C56CC7CC(CC(C7)C5)C6)cc4)cc3)c3cccc(-c4cccc5cccc(-c6ccccc6)c45)c3)cc21. The molecule has 8 aromatic carbocycles. The maximum atomic E-state index is 2.48. The van der Waals surface area contributed by atoms with Crippen molar-refractivity contribution < 1.29 is 0 Å². The number of benzene rings is 8. The highest BCUT2D eigenvalue weighted by atomic mass is 15.1. The molecule has 60 heavy (non-hydrogen) atoms. The van der Waals surface area contributed by atoms with Gasteiger partial charge in [0, 0.05) is 22.5 Å². The zero-order valence-electron chi connectivity index (χ0n) is 34.7. The van der Waals surface area contributed by atoms with Crippen LogP contribution >= 0.6 is 0 Å². The van der Waals surface area contributed by atoms with Crippen LogP contribution in [0.3, 0.4) is 0 Å². The van der Waals surface area contributed by atoms with Crippen molar-refractivity contribution in [3.63, 3.8) is 0 Å². The van der Waals surface area contributed by atoms with Crippen molar-refractivity contribution in [2.75, 3.05) is 4.90 Å². The van der Waals surface area contributed by atoms with E-state index in [0.29, 0.717) is 5.41 Å². The van der Waals surface area contributed by atoms with E-state index >= 15 is 0 Å². The van der Waals surface area contributed by atoms with E-state index in [-0.39, 0.29) is 5.41 Å². The first-order valence-corrected chi connectivity index (χ1v) is 22.3. The number of rotatable bonds is 7. The van der Waals surface area contributed by atoms with Crippen LogP contribution in [0.15, 0.2) is 182 Å². The second kappa shape index (κ2) is 13.7. The van der Waals surface area contributed by atoms with Gasteiger partial charge in [0.15, 0.2) is 0 Å². The Bertz CT molecular complexity index is 2880. The Balaban J connectivity index is 0.950. The molecule has 0 saturated heterocycles. The molecule has 0 amide bonds. The minimum absolute atomic E-state index is 0.0988. The van der Waals surface area contributed by atoms with Crippen molar-refractivity contribution >= 4 is 27.8 Å². The zero-order chi connectivity index (χ0) is 40.0. The molecule has 0 N–H and O–H groups in total. The van der Waals surface area contributed by atoms with Gasteiger partial charge in [-0.2, -0.15) is 0 Å². The van der Waals surface area contributed by atoms with Gasteiger partial charge in [0.05, 0.1) is 0 Å². The molecule has 4 fully saturated rings. The highest BCUT2D eigenvalue weighted by Crippen LogP contribution is 2.61. The molecule has 5 aliphatic rings. The molecule has 0 radical (unpaired) electrons. The lowest BCUT2D eigenvalue weighted by Crippen LogP contribution is -2.48. The molecule has 0 atom stereocenters. The van der Waals surface area contributed by atoms with E-state index in [0.717, 1.165) is 29.1 Å². The number of hydrogen-bond donors (Lipinski definition) is 0. The molecular formula is C59H51N. The number of nitrogens with zero attached hydrogens (tertiary/aromatic N) is 1. The van der Waals surface area contributed by atoms with Crippen molar-refractivity contribution in [3.05, 3.63) is 199 Å². The lowest BCUT2D eigenvalue weighted by molar-refractivity contribution is -0.00518. The maximum absolute atomic E-state index is 2.48. The minimum Gasteiger partial charge on any atom is -0.310 e. The second-order valence-electron chi connectivity index (χ2n) is 19.2. The average Bonchev–Trinajstić information content (AvgIpc) is 3.51. The van der Waals surface area contributed by atoms with E-state index in [4.69, 9.17) is 0 Å². The molecule has 5 aliphatic carbocycles. The molecule has 8 aromatic rings. The molecule has 13 rings (SSSR count). The summed E-state index contributed by atoms with van der Waals surface area (Å²) in [4.78, 5) is 2.46. The lowest BCUT2D eigenvalue weighted by atomic mass is 9.48. The first-order valence-electron chi connectivity index (χ1n) is 22.3. The molecule has 0 unspecified atom stereocenters. The molecule has 0 aliphatic heterocycles. The van der Waals surface area contributed by atoms with Crippen LogP contribution in [0.2, 0.25) is 0 Å². The fraction of sp³-hybridized carbons (Fsp3) is 0.220. The summed E-state index contributed by atoms with van der Waals surface area (Å²) in [7, 11) is 0. The number of anilines is 3. The van der Waals surface area contributed by atoms with Crippen LogP contribution in [0, 0.1) is 17.8 Å². The van der Waals surface area contributed by atoms with Gasteiger partial charge in [-0.15, -0.1) is 0 Å². The van der Waals surface area contributed by atoms with E-state index in [9.17, 15) is 0 Å². The third-order valence-corrected chi connectivity index (χ3v) is 15.2. The fourth-order valence-electron chi connectivity index (χ4n) is 12.8. The maximum Gasteiger partial charge on any atom is 0.0467 e. The Labute approximate surface area is 355 Å². The standard InChI is InChI=1S/C59H51N/c1-58(2)55-20-7-6-17-53(55)54-30-29-50(35-56(54)58)60(49-16-8-15-46(34-49)52-19-10-14-45-13-9-18-51(57(45)52)44-11-4-3-5-12-44)48-27-23-43(24-28-48)42-21-25-47(26-22-42)59-36-39-31-40(37-59)33-41(32-39)38-59/h3-30,34-35,39-41H,31-33,36-38H2,1-2H3. The van der Waals surface area contributed by atoms with Crippen molar-refractivity contribution in [3.8, 4) is 44.5 Å². The first-order chi connectivity index (χ1) is 29.4. The summed E-state index contributed by atoms with van der Waals surface area (Å²) in [5.74, 6) is 2.87. The Morgan fingerprint density at radius 1 is 0.400 bits per heavy atom. The van der Waals surface area contributed by atoms with Gasteiger partial charge in [-0.05, 0) is 170 Å². The first kappa shape index (κ1) is 35.7. The third kappa shape index (κ3) is 5.73. The van der Waals surface area contributed by atoms with Gasteiger partial charge in [0.25, 0.3) is 0 Å². The van der Waals surface area contributed by atoms with Gasteiger partial charge < -0.3 is 4.90 Å². The van der Waals surface area contributed by atoms with Gasteiger partial charge in [-0.1, -0.05) is 159 Å². The normalized spacial score (nSPS) is 21.8. The van der Waals surface area contributed by atoms with Crippen LogP contribution < -0.4 is 4.90 Å². The van der Waals surface area contributed by atoms with Crippen molar-refractivity contribution in [2.24, 2.45) is 17.8 Å². The van der Waals surface area contributed by atoms with Gasteiger partial charge in [-0.3, -0.25) is 0 Å². The Hall–Kier alpha value is -6.18. The van der Waals surface area contributed by atoms with Crippen LogP contribution in [0.1, 0.15) is 69.1 Å². The largest absolute Gasteiger partial charge is 0.310 e. The highest BCUT2D eigenvalue weighted by Gasteiger charge is 2.51. The lowest BCUT2D eigenvalue weighted by Gasteiger charge is -2.57. The van der Waals surface area contributed by atoms with Crippen molar-refractivity contribution in [1.29, 1.82) is 0 Å². The van der Waals surface area contributed by atoms with Crippen molar-refractivity contribution in [2.45, 2.75) is 63.2 Å². The second-order valence-corrected chi connectivity index (χ2v) is 19.2. The molecule has 0 spiro atoms. The quantitative estimate of drug-likeness (QED) is 0.156. The van der Waals surface area contributed by atoms with Gasteiger partial charge in [0.2, 0.25) is 0 Å². The molecule has 0 heterocycles. The topological polar surface area (TPSA) is 3.24 Å². The summed E-state index contributed by atoms with van der Waals surface area (Å²) in [6.07, 6.45) is 8.68. The minimum atomic E-state index is -0.0988. The molecular weight excluding hydrogens is 723 g/mol. The van der Waals surface area contributed by atoms with E-state index in [1.54, 1.807) is 5.56 Å². The zero-order valence-corrected chi connectivity index (χ0v) is 34.7. The summed E-state index contributed by atoms with van der Waals surface area (Å²) in [6.45, 7) is 4.75. The Kier molecular flexibility index (Phi) is 8.15. The predicted octanol–water partition coefficient (Wildman–Crippen LogP) is 16.1. The summed E-state index contributed by atoms with van der Waals surface area (Å²) in [6, 6.07) is 68.5. The number of fused-ring (bicyclic) bond motifs is 4. The van der Waals surface area contributed by atoms with Crippen LogP contribution in [-0.2, 0) is 10.8 Å². The van der Waals surface area contributed by atoms with Gasteiger partial charge >= 0.3 is 0 Å². The molecule has 292 valence electrons. The number of hydrogen-bond acceptors (Lipinski definition) is 1.